The maximum atomic E-state index is 12.7. The second-order valence-corrected chi connectivity index (χ2v) is 7.97. The van der Waals surface area contributed by atoms with E-state index < -0.39 is 9.84 Å². The Kier molecular flexibility index (Phi) is 4.51. The molecule has 25 heavy (non-hydrogen) atoms. The maximum absolute atomic E-state index is 12.7. The van der Waals surface area contributed by atoms with Crippen molar-refractivity contribution in [2.45, 2.75) is 25.7 Å². The molecule has 0 bridgehead atoms. The van der Waals surface area contributed by atoms with Crippen LogP contribution in [0, 0.1) is 6.92 Å². The molecule has 3 aromatic rings. The molecule has 3 rings (SSSR count). The molecule has 0 aliphatic carbocycles. The molecule has 0 radical (unpaired) electrons. The predicted octanol–water partition coefficient (Wildman–Crippen LogP) is 2.98. The fourth-order valence-electron chi connectivity index (χ4n) is 3.20. The number of aromatic nitrogens is 3. The highest BCUT2D eigenvalue weighted by Gasteiger charge is 2.26. The number of benzene rings is 2. The number of rotatable bonds is 5. The number of para-hydroxylation sites is 1. The molecule has 1 heterocycles. The Morgan fingerprint density at radius 1 is 1.12 bits per heavy atom. The molecule has 132 valence electrons. The van der Waals surface area contributed by atoms with Crippen LogP contribution in [-0.2, 0) is 9.84 Å². The summed E-state index contributed by atoms with van der Waals surface area (Å²) in [5.41, 5.74) is 3.51. The molecule has 6 nitrogen and oxygen atoms in total. The van der Waals surface area contributed by atoms with Gasteiger partial charge in [-0.25, -0.2) is 13.1 Å². The molecule has 0 saturated carbocycles. The fraction of sp³-hybridized carbons (Fsp3) is 0.333. The van der Waals surface area contributed by atoms with E-state index in [0.29, 0.717) is 15.9 Å². The van der Waals surface area contributed by atoms with E-state index in [1.54, 1.807) is 4.68 Å². The van der Waals surface area contributed by atoms with Gasteiger partial charge in [0.25, 0.3) is 0 Å². The van der Waals surface area contributed by atoms with Gasteiger partial charge in [-0.1, -0.05) is 23.4 Å². The van der Waals surface area contributed by atoms with Gasteiger partial charge < -0.3 is 4.90 Å². The molecule has 0 unspecified atom stereocenters. The Labute approximate surface area is 148 Å². The molecule has 0 aliphatic rings. The minimum Gasteiger partial charge on any atom is -0.371 e. The van der Waals surface area contributed by atoms with Crippen molar-refractivity contribution < 1.29 is 8.42 Å². The molecule has 0 N–H and O–H groups in total. The Morgan fingerprint density at radius 3 is 2.32 bits per heavy atom. The van der Waals surface area contributed by atoms with Crippen LogP contribution in [0.5, 0.6) is 0 Å². The van der Waals surface area contributed by atoms with E-state index in [4.69, 9.17) is 0 Å². The summed E-state index contributed by atoms with van der Waals surface area (Å²) in [4.78, 5) is 2.35. The Balaban J connectivity index is 2.47. The van der Waals surface area contributed by atoms with Gasteiger partial charge in [0.1, 0.15) is 15.9 Å². The maximum Gasteiger partial charge on any atom is 0.179 e. The third kappa shape index (κ3) is 3.00. The quantitative estimate of drug-likeness (QED) is 0.701. The summed E-state index contributed by atoms with van der Waals surface area (Å²) >= 11 is 0. The van der Waals surface area contributed by atoms with E-state index in [1.807, 2.05) is 57.2 Å². The summed E-state index contributed by atoms with van der Waals surface area (Å²) in [6.07, 6.45) is 1.25. The second-order valence-electron chi connectivity index (χ2n) is 6.02. The fourth-order valence-corrected chi connectivity index (χ4v) is 4.39. The van der Waals surface area contributed by atoms with Crippen molar-refractivity contribution in [3.63, 3.8) is 0 Å². The third-order valence-corrected chi connectivity index (χ3v) is 5.43. The summed E-state index contributed by atoms with van der Waals surface area (Å²) in [5.74, 6) is 0. The molecule has 0 fully saturated rings. The molecule has 0 atom stereocenters. The van der Waals surface area contributed by atoms with Crippen LogP contribution in [0.1, 0.15) is 19.4 Å². The van der Waals surface area contributed by atoms with Crippen molar-refractivity contribution in [1.29, 1.82) is 0 Å². The zero-order valence-corrected chi connectivity index (χ0v) is 15.7. The van der Waals surface area contributed by atoms with E-state index in [2.05, 4.69) is 15.2 Å². The van der Waals surface area contributed by atoms with Crippen LogP contribution < -0.4 is 4.90 Å². The van der Waals surface area contributed by atoms with Crippen molar-refractivity contribution in [3.8, 4) is 5.69 Å². The first-order chi connectivity index (χ1) is 11.9. The highest BCUT2D eigenvalue weighted by Crippen LogP contribution is 2.36. The number of hydrogen-bond donors (Lipinski definition) is 0. The summed E-state index contributed by atoms with van der Waals surface area (Å²) in [6, 6.07) is 11.4. The van der Waals surface area contributed by atoms with Gasteiger partial charge in [-0.05, 0) is 44.5 Å². The van der Waals surface area contributed by atoms with Gasteiger partial charge in [-0.15, -0.1) is 5.10 Å². The first kappa shape index (κ1) is 17.4. The largest absolute Gasteiger partial charge is 0.371 e. The zero-order valence-electron chi connectivity index (χ0n) is 14.9. The summed E-state index contributed by atoms with van der Waals surface area (Å²) in [7, 11) is -3.49. The smallest absolute Gasteiger partial charge is 0.179 e. The Hall–Kier alpha value is -2.41. The molecule has 7 heteroatoms. The van der Waals surface area contributed by atoms with Crippen LogP contribution >= 0.6 is 0 Å². The topological polar surface area (TPSA) is 68.1 Å². The van der Waals surface area contributed by atoms with E-state index >= 15 is 0 Å². The van der Waals surface area contributed by atoms with Gasteiger partial charge in [0.2, 0.25) is 0 Å². The molecule has 2 aromatic carbocycles. The van der Waals surface area contributed by atoms with Crippen molar-refractivity contribution in [2.75, 3.05) is 24.2 Å². The molecule has 0 amide bonds. The average Bonchev–Trinajstić information content (AvgIpc) is 2.99. The van der Waals surface area contributed by atoms with Crippen LogP contribution in [0.3, 0.4) is 0 Å². The van der Waals surface area contributed by atoms with E-state index in [9.17, 15) is 8.42 Å². The first-order valence-electron chi connectivity index (χ1n) is 8.27. The third-order valence-electron chi connectivity index (χ3n) is 4.30. The van der Waals surface area contributed by atoms with Crippen LogP contribution in [-0.4, -0.2) is 42.8 Å². The van der Waals surface area contributed by atoms with Crippen molar-refractivity contribution in [1.82, 2.24) is 15.0 Å². The van der Waals surface area contributed by atoms with Gasteiger partial charge in [0.15, 0.2) is 9.84 Å². The standard InChI is InChI=1S/C18H22N4O2S/c1-5-21(6-2)16-13(3)12-15-17(18(16)25(4,23)24)22(20-19-15)14-10-8-7-9-11-14/h7-12H,5-6H2,1-4H3. The number of hydrogen-bond acceptors (Lipinski definition) is 5. The van der Waals surface area contributed by atoms with Gasteiger partial charge in [0.05, 0.1) is 11.4 Å². The highest BCUT2D eigenvalue weighted by molar-refractivity contribution is 7.91. The van der Waals surface area contributed by atoms with Gasteiger partial charge >= 0.3 is 0 Å². The second kappa shape index (κ2) is 6.48. The molecule has 0 saturated heterocycles. The molecule has 0 spiro atoms. The predicted molar refractivity (Wildman–Crippen MR) is 100 cm³/mol. The Morgan fingerprint density at radius 2 is 1.76 bits per heavy atom. The molecular weight excluding hydrogens is 336 g/mol. The lowest BCUT2D eigenvalue weighted by molar-refractivity contribution is 0.601. The van der Waals surface area contributed by atoms with Gasteiger partial charge in [-0.2, -0.15) is 0 Å². The summed E-state index contributed by atoms with van der Waals surface area (Å²) < 4.78 is 27.1. The summed E-state index contributed by atoms with van der Waals surface area (Å²) in [6.45, 7) is 7.40. The SMILES string of the molecule is CCN(CC)c1c(C)cc2nnn(-c3ccccc3)c2c1S(C)(=O)=O. The monoisotopic (exact) mass is 358 g/mol. The van der Waals surface area contributed by atoms with Crippen LogP contribution in [0.4, 0.5) is 5.69 Å². The molecule has 1 aromatic heterocycles. The van der Waals surface area contributed by atoms with Crippen molar-refractivity contribution in [2.24, 2.45) is 0 Å². The number of sulfone groups is 1. The van der Waals surface area contributed by atoms with E-state index in [0.717, 1.165) is 30.0 Å². The van der Waals surface area contributed by atoms with Crippen LogP contribution in [0.15, 0.2) is 41.3 Å². The van der Waals surface area contributed by atoms with Gasteiger partial charge in [0, 0.05) is 19.3 Å². The number of aryl methyl sites for hydroxylation is 1. The lowest BCUT2D eigenvalue weighted by atomic mass is 10.1. The highest BCUT2D eigenvalue weighted by atomic mass is 32.2. The molecule has 0 aliphatic heterocycles. The van der Waals surface area contributed by atoms with Crippen molar-refractivity contribution in [3.05, 3.63) is 42.0 Å². The van der Waals surface area contributed by atoms with E-state index in [1.165, 1.54) is 6.26 Å². The average molecular weight is 358 g/mol. The minimum atomic E-state index is -3.49. The van der Waals surface area contributed by atoms with Crippen molar-refractivity contribution >= 4 is 26.6 Å². The number of nitrogens with zero attached hydrogens (tertiary/aromatic N) is 4. The number of anilines is 1. The van der Waals surface area contributed by atoms with Crippen LogP contribution in [0.2, 0.25) is 0 Å². The van der Waals surface area contributed by atoms with Gasteiger partial charge in [-0.3, -0.25) is 0 Å². The zero-order chi connectivity index (χ0) is 18.2. The first-order valence-corrected chi connectivity index (χ1v) is 10.2. The molecular formula is C18H22N4O2S. The van der Waals surface area contributed by atoms with Crippen LogP contribution in [0.25, 0.3) is 16.7 Å². The number of fused-ring (bicyclic) bond motifs is 1. The normalized spacial score (nSPS) is 11.8. The lowest BCUT2D eigenvalue weighted by Gasteiger charge is -2.26. The van der Waals surface area contributed by atoms with E-state index in [-0.39, 0.29) is 0 Å². The minimum absolute atomic E-state index is 0.292. The lowest BCUT2D eigenvalue weighted by Crippen LogP contribution is -2.25. The summed E-state index contributed by atoms with van der Waals surface area (Å²) in [5, 5.41) is 8.43. The Bertz CT molecular complexity index is 1010.